The molecule has 0 heterocycles. The molecule has 1 unspecified atom stereocenters. The zero-order valence-electron chi connectivity index (χ0n) is 12.6. The summed E-state index contributed by atoms with van der Waals surface area (Å²) in [6.07, 6.45) is 9.05. The Morgan fingerprint density at radius 2 is 1.43 bits per heavy atom. The topological polar surface area (TPSA) is 0 Å². The molecule has 1 aliphatic carbocycles. The summed E-state index contributed by atoms with van der Waals surface area (Å²) in [6, 6.07) is 19.9. The molecule has 0 fully saturated rings. The van der Waals surface area contributed by atoms with Crippen LogP contribution in [0.5, 0.6) is 0 Å². The molecule has 2 aromatic rings. The van der Waals surface area contributed by atoms with E-state index in [0.717, 1.165) is 0 Å². The molecule has 0 nitrogen and oxygen atoms in total. The Bertz CT molecular complexity index is 641. The van der Waals surface area contributed by atoms with Crippen LogP contribution in [-0.2, 0) is 0 Å². The van der Waals surface area contributed by atoms with Gasteiger partial charge in [0, 0.05) is 5.66 Å². The first-order chi connectivity index (χ1) is 10.3. The molecule has 2 aromatic carbocycles. The van der Waals surface area contributed by atoms with Crippen LogP contribution < -0.4 is 10.6 Å². The quantitative estimate of drug-likeness (QED) is 0.714. The number of hydrogen-bond donors (Lipinski definition) is 0. The van der Waals surface area contributed by atoms with Crippen molar-refractivity contribution in [2.75, 3.05) is 0 Å². The summed E-state index contributed by atoms with van der Waals surface area (Å²) in [4.78, 5) is 0. The Morgan fingerprint density at radius 1 is 0.810 bits per heavy atom. The van der Waals surface area contributed by atoms with Gasteiger partial charge < -0.3 is 0 Å². The van der Waals surface area contributed by atoms with Crippen molar-refractivity contribution in [1.82, 2.24) is 0 Å². The third-order valence-corrected chi connectivity index (χ3v) is 6.60. The van der Waals surface area contributed by atoms with E-state index in [4.69, 9.17) is 0 Å². The Balaban J connectivity index is 2.12. The molecule has 21 heavy (non-hydrogen) atoms. The molecule has 0 bridgehead atoms. The third-order valence-electron chi connectivity index (χ3n) is 3.88. The van der Waals surface area contributed by atoms with Crippen LogP contribution in [0.4, 0.5) is 0 Å². The summed E-state index contributed by atoms with van der Waals surface area (Å²) in [5.41, 5.74) is 2.00. The van der Waals surface area contributed by atoms with E-state index in [0.29, 0.717) is 11.6 Å². The van der Waals surface area contributed by atoms with Gasteiger partial charge in [-0.15, -0.1) is 0 Å². The number of allylic oxidation sites excluding steroid dienone is 4. The van der Waals surface area contributed by atoms with Gasteiger partial charge in [0.25, 0.3) is 0 Å². The highest BCUT2D eigenvalue weighted by Gasteiger charge is 2.24. The first-order valence-corrected chi connectivity index (χ1v) is 8.96. The average molecular weight is 292 g/mol. The molecule has 0 aromatic heterocycles. The maximum Gasteiger partial charge on any atom is 0.0237 e. The molecule has 1 aliphatic rings. The summed E-state index contributed by atoms with van der Waals surface area (Å²) >= 11 is 0. The van der Waals surface area contributed by atoms with Gasteiger partial charge in [0.1, 0.15) is 0 Å². The van der Waals surface area contributed by atoms with E-state index in [-0.39, 0.29) is 7.92 Å². The lowest BCUT2D eigenvalue weighted by Gasteiger charge is -2.26. The summed E-state index contributed by atoms with van der Waals surface area (Å²) in [5, 5.41) is 2.98. The second-order valence-electron chi connectivity index (χ2n) is 5.68. The normalized spacial score (nSPS) is 15.8. The van der Waals surface area contributed by atoms with Crippen molar-refractivity contribution in [3.63, 3.8) is 0 Å². The van der Waals surface area contributed by atoms with Gasteiger partial charge in [-0.2, -0.15) is 0 Å². The van der Waals surface area contributed by atoms with E-state index >= 15 is 0 Å². The largest absolute Gasteiger partial charge is 0.0727 e. The van der Waals surface area contributed by atoms with Crippen LogP contribution in [-0.4, -0.2) is 5.66 Å². The molecular weight excluding hydrogens is 271 g/mol. The minimum absolute atomic E-state index is 0.379. The lowest BCUT2D eigenvalue weighted by Crippen LogP contribution is -2.22. The van der Waals surface area contributed by atoms with Crippen LogP contribution in [0.15, 0.2) is 78.9 Å². The van der Waals surface area contributed by atoms with Crippen molar-refractivity contribution < 1.29 is 0 Å². The van der Waals surface area contributed by atoms with Crippen molar-refractivity contribution in [3.8, 4) is 0 Å². The molecule has 3 rings (SSSR count). The SMILES string of the molecule is CC(C)c1ccccc1P(c1ccccc1)C1C=CC=C1. The van der Waals surface area contributed by atoms with Gasteiger partial charge in [0.15, 0.2) is 0 Å². The number of hydrogen-bond acceptors (Lipinski definition) is 0. The van der Waals surface area contributed by atoms with E-state index in [9.17, 15) is 0 Å². The second-order valence-corrected chi connectivity index (χ2v) is 8.01. The molecule has 0 amide bonds. The lowest BCUT2D eigenvalue weighted by atomic mass is 10.0. The summed E-state index contributed by atoms with van der Waals surface area (Å²) in [5.74, 6) is 0.560. The fourth-order valence-electron chi connectivity index (χ4n) is 2.85. The molecule has 0 radical (unpaired) electrons. The van der Waals surface area contributed by atoms with Crippen molar-refractivity contribution in [3.05, 3.63) is 84.5 Å². The van der Waals surface area contributed by atoms with Crippen molar-refractivity contribution >= 4 is 18.5 Å². The monoisotopic (exact) mass is 292 g/mol. The molecule has 1 atom stereocenters. The fourth-order valence-corrected chi connectivity index (χ4v) is 5.69. The van der Waals surface area contributed by atoms with Crippen LogP contribution in [0.25, 0.3) is 0 Å². The molecule has 0 N–H and O–H groups in total. The van der Waals surface area contributed by atoms with E-state index in [1.165, 1.54) is 16.2 Å². The van der Waals surface area contributed by atoms with Crippen LogP contribution in [0, 0.1) is 0 Å². The van der Waals surface area contributed by atoms with E-state index in [1.807, 2.05) is 0 Å². The van der Waals surface area contributed by atoms with Crippen LogP contribution in [0.3, 0.4) is 0 Å². The summed E-state index contributed by atoms with van der Waals surface area (Å²) < 4.78 is 0. The molecule has 106 valence electrons. The number of benzene rings is 2. The van der Waals surface area contributed by atoms with E-state index in [1.54, 1.807) is 0 Å². The zero-order valence-corrected chi connectivity index (χ0v) is 13.5. The Kier molecular flexibility index (Phi) is 4.36. The smallest absolute Gasteiger partial charge is 0.0237 e. The average Bonchev–Trinajstić information content (AvgIpc) is 3.03. The van der Waals surface area contributed by atoms with Crippen molar-refractivity contribution in [2.24, 2.45) is 0 Å². The van der Waals surface area contributed by atoms with Gasteiger partial charge in [0.2, 0.25) is 0 Å². The Hall–Kier alpha value is -1.65. The predicted molar refractivity (Wildman–Crippen MR) is 95.2 cm³/mol. The van der Waals surface area contributed by atoms with E-state index < -0.39 is 0 Å². The van der Waals surface area contributed by atoms with E-state index in [2.05, 4.69) is 92.7 Å². The molecular formula is C20H21P. The van der Waals surface area contributed by atoms with Crippen LogP contribution in [0.1, 0.15) is 25.3 Å². The predicted octanol–water partition coefficient (Wildman–Crippen LogP) is 4.74. The fraction of sp³-hybridized carbons (Fsp3) is 0.200. The summed E-state index contributed by atoms with van der Waals surface area (Å²) in [7, 11) is -0.379. The van der Waals surface area contributed by atoms with Gasteiger partial charge >= 0.3 is 0 Å². The molecule has 0 saturated carbocycles. The van der Waals surface area contributed by atoms with Crippen molar-refractivity contribution in [1.29, 1.82) is 0 Å². The van der Waals surface area contributed by atoms with Crippen LogP contribution in [0.2, 0.25) is 0 Å². The second kappa shape index (κ2) is 6.41. The van der Waals surface area contributed by atoms with Gasteiger partial charge in [0.05, 0.1) is 0 Å². The highest BCUT2D eigenvalue weighted by Crippen LogP contribution is 2.44. The molecule has 1 heteroatoms. The first kappa shape index (κ1) is 14.3. The molecule has 0 saturated heterocycles. The molecule has 0 spiro atoms. The van der Waals surface area contributed by atoms with Gasteiger partial charge in [-0.1, -0.05) is 92.7 Å². The maximum atomic E-state index is 2.34. The highest BCUT2D eigenvalue weighted by atomic mass is 31.1. The minimum atomic E-state index is -0.379. The maximum absolute atomic E-state index is 2.34. The van der Waals surface area contributed by atoms with Crippen LogP contribution >= 0.6 is 7.92 Å². The Morgan fingerprint density at radius 3 is 2.10 bits per heavy atom. The van der Waals surface area contributed by atoms with Crippen molar-refractivity contribution in [2.45, 2.75) is 25.4 Å². The van der Waals surface area contributed by atoms with Gasteiger partial charge in [-0.05, 0) is 30.0 Å². The van der Waals surface area contributed by atoms with Gasteiger partial charge in [-0.25, -0.2) is 0 Å². The molecule has 0 aliphatic heterocycles. The number of rotatable bonds is 4. The first-order valence-electron chi connectivity index (χ1n) is 7.55. The highest BCUT2D eigenvalue weighted by molar-refractivity contribution is 7.74. The Labute approximate surface area is 129 Å². The minimum Gasteiger partial charge on any atom is -0.0727 e. The summed E-state index contributed by atoms with van der Waals surface area (Å²) in [6.45, 7) is 4.58. The third kappa shape index (κ3) is 3.01. The zero-order chi connectivity index (χ0) is 14.7. The van der Waals surface area contributed by atoms with Gasteiger partial charge in [-0.3, -0.25) is 0 Å². The lowest BCUT2D eigenvalue weighted by molar-refractivity contribution is 0.873. The standard InChI is InChI=1S/C20H21P/c1-16(2)19-14-8-9-15-20(19)21(18-12-6-7-13-18)17-10-4-3-5-11-17/h3-16,18H,1-2H3.